The fourth-order valence-electron chi connectivity index (χ4n) is 1.37. The third kappa shape index (κ3) is 1.16. The van der Waals surface area contributed by atoms with E-state index in [0.29, 0.717) is 12.8 Å². The van der Waals surface area contributed by atoms with Gasteiger partial charge in [0.25, 0.3) is 0 Å². The molecule has 1 aromatic rings. The molecule has 2 nitrogen and oxygen atoms in total. The summed E-state index contributed by atoms with van der Waals surface area (Å²) in [6.07, 6.45) is 1.07. The van der Waals surface area contributed by atoms with Crippen molar-refractivity contribution in [2.45, 2.75) is 18.4 Å². The largest absolute Gasteiger partial charge is 0.505 e. The van der Waals surface area contributed by atoms with E-state index in [9.17, 15) is 18.3 Å². The molecule has 1 aromatic carbocycles. The maximum absolute atomic E-state index is 12.9. The summed E-state index contributed by atoms with van der Waals surface area (Å²) in [6.45, 7) is 0. The molecule has 2 rings (SSSR count). The lowest BCUT2D eigenvalue weighted by Gasteiger charge is -2.12. The van der Waals surface area contributed by atoms with Crippen molar-refractivity contribution < 1.29 is 18.3 Å². The maximum Gasteiger partial charge on any atom is 0.203 e. The molecule has 0 bridgehead atoms. The lowest BCUT2D eigenvalue weighted by atomic mass is 10.0. The molecule has 0 amide bonds. The zero-order valence-corrected chi connectivity index (χ0v) is 7.15. The average Bonchev–Trinajstić information content (AvgIpc) is 2.87. The smallest absolute Gasteiger partial charge is 0.203 e. The molecule has 0 aliphatic heterocycles. The predicted molar refractivity (Wildman–Crippen MR) is 43.1 cm³/mol. The van der Waals surface area contributed by atoms with Crippen LogP contribution >= 0.6 is 0 Å². The highest BCUT2D eigenvalue weighted by atomic mass is 19.2. The van der Waals surface area contributed by atoms with Gasteiger partial charge in [0.2, 0.25) is 5.82 Å². The summed E-state index contributed by atoms with van der Waals surface area (Å²) < 4.78 is 38.3. The number of halogens is 3. The van der Waals surface area contributed by atoms with E-state index >= 15 is 0 Å². The third-order valence-corrected chi connectivity index (χ3v) is 2.46. The monoisotopic (exact) mass is 203 g/mol. The van der Waals surface area contributed by atoms with E-state index < -0.39 is 28.7 Å². The van der Waals surface area contributed by atoms with Gasteiger partial charge >= 0.3 is 0 Å². The number of nitrogens with two attached hydrogens (primary N) is 1. The third-order valence-electron chi connectivity index (χ3n) is 2.46. The zero-order chi connectivity index (χ0) is 10.5. The number of phenols is 1. The molecule has 14 heavy (non-hydrogen) atoms. The standard InChI is InChI=1S/C9H8F3NO/c10-5-3-4(9(13)1-2-9)8(14)7(12)6(5)11/h3,14H,1-2,13H2. The molecule has 0 unspecified atom stereocenters. The maximum atomic E-state index is 12.9. The number of hydrogen-bond acceptors (Lipinski definition) is 2. The first-order valence-electron chi connectivity index (χ1n) is 4.11. The van der Waals surface area contributed by atoms with Crippen LogP contribution in [0, 0.1) is 17.5 Å². The van der Waals surface area contributed by atoms with Crippen molar-refractivity contribution in [3.8, 4) is 5.75 Å². The highest BCUT2D eigenvalue weighted by Crippen LogP contribution is 2.47. The summed E-state index contributed by atoms with van der Waals surface area (Å²) in [5.41, 5.74) is 4.69. The van der Waals surface area contributed by atoms with Gasteiger partial charge in [-0.15, -0.1) is 0 Å². The summed E-state index contributed by atoms with van der Waals surface area (Å²) in [6, 6.07) is 0.751. The first-order valence-corrected chi connectivity index (χ1v) is 4.11. The predicted octanol–water partition coefficient (Wildman–Crippen LogP) is 1.76. The Balaban J connectivity index is 2.62. The van der Waals surface area contributed by atoms with Crippen molar-refractivity contribution in [1.29, 1.82) is 0 Å². The van der Waals surface area contributed by atoms with Gasteiger partial charge in [-0.05, 0) is 18.9 Å². The lowest BCUT2D eigenvalue weighted by Crippen LogP contribution is -2.20. The van der Waals surface area contributed by atoms with Crippen LogP contribution < -0.4 is 5.73 Å². The van der Waals surface area contributed by atoms with Gasteiger partial charge in [-0.3, -0.25) is 0 Å². The van der Waals surface area contributed by atoms with Crippen LogP contribution in [0.5, 0.6) is 5.75 Å². The zero-order valence-electron chi connectivity index (χ0n) is 7.15. The van der Waals surface area contributed by atoms with Gasteiger partial charge in [-0.1, -0.05) is 0 Å². The summed E-state index contributed by atoms with van der Waals surface area (Å²) in [5, 5.41) is 9.22. The Morgan fingerprint density at radius 3 is 2.29 bits per heavy atom. The van der Waals surface area contributed by atoms with E-state index in [1.807, 2.05) is 0 Å². The van der Waals surface area contributed by atoms with Gasteiger partial charge in [-0.2, -0.15) is 4.39 Å². The lowest BCUT2D eigenvalue weighted by molar-refractivity contribution is 0.376. The van der Waals surface area contributed by atoms with Gasteiger partial charge in [0.1, 0.15) is 0 Å². The Labute approximate surface area is 78.2 Å². The van der Waals surface area contributed by atoms with Crippen molar-refractivity contribution in [2.24, 2.45) is 5.73 Å². The molecule has 76 valence electrons. The summed E-state index contributed by atoms with van der Waals surface area (Å²) in [4.78, 5) is 0. The van der Waals surface area contributed by atoms with E-state index in [1.54, 1.807) is 0 Å². The van der Waals surface area contributed by atoms with Crippen molar-refractivity contribution >= 4 is 0 Å². The Morgan fingerprint density at radius 1 is 1.21 bits per heavy atom. The highest BCUT2D eigenvalue weighted by molar-refractivity contribution is 5.43. The first-order chi connectivity index (χ1) is 6.46. The van der Waals surface area contributed by atoms with Gasteiger partial charge in [-0.25, -0.2) is 8.78 Å². The summed E-state index contributed by atoms with van der Waals surface area (Å²) >= 11 is 0. The van der Waals surface area contributed by atoms with E-state index in [4.69, 9.17) is 5.73 Å². The fourth-order valence-corrected chi connectivity index (χ4v) is 1.37. The molecule has 1 aliphatic carbocycles. The van der Waals surface area contributed by atoms with Crippen LogP contribution in [0.2, 0.25) is 0 Å². The molecule has 0 aromatic heterocycles. The molecule has 0 atom stereocenters. The Kier molecular flexibility index (Phi) is 1.75. The van der Waals surface area contributed by atoms with Crippen LogP contribution in [-0.2, 0) is 5.54 Å². The number of benzene rings is 1. The van der Waals surface area contributed by atoms with Crippen LogP contribution in [-0.4, -0.2) is 5.11 Å². The van der Waals surface area contributed by atoms with Gasteiger partial charge in [0.15, 0.2) is 17.4 Å². The van der Waals surface area contributed by atoms with E-state index in [0.717, 1.165) is 6.07 Å². The molecule has 0 radical (unpaired) electrons. The molecular weight excluding hydrogens is 195 g/mol. The minimum Gasteiger partial charge on any atom is -0.505 e. The molecule has 0 saturated heterocycles. The van der Waals surface area contributed by atoms with Gasteiger partial charge < -0.3 is 10.8 Å². The molecule has 5 heteroatoms. The number of phenolic OH excluding ortho intramolecular Hbond substituents is 1. The van der Waals surface area contributed by atoms with Crippen molar-refractivity contribution in [1.82, 2.24) is 0 Å². The molecule has 1 saturated carbocycles. The van der Waals surface area contributed by atoms with Crippen LogP contribution in [0.15, 0.2) is 6.07 Å². The first kappa shape index (κ1) is 9.33. The van der Waals surface area contributed by atoms with E-state index in [1.165, 1.54) is 0 Å². The molecule has 1 aliphatic rings. The van der Waals surface area contributed by atoms with Crippen LogP contribution in [0.1, 0.15) is 18.4 Å². The van der Waals surface area contributed by atoms with Gasteiger partial charge in [0.05, 0.1) is 0 Å². The van der Waals surface area contributed by atoms with Crippen molar-refractivity contribution in [2.75, 3.05) is 0 Å². The van der Waals surface area contributed by atoms with E-state index in [2.05, 4.69) is 0 Å². The molecule has 1 fully saturated rings. The minimum absolute atomic E-state index is 0.0612. The summed E-state index contributed by atoms with van der Waals surface area (Å²) in [7, 11) is 0. The van der Waals surface area contributed by atoms with E-state index in [-0.39, 0.29) is 5.56 Å². The Morgan fingerprint density at radius 2 is 1.79 bits per heavy atom. The topological polar surface area (TPSA) is 46.2 Å². The Bertz CT molecular complexity index is 402. The number of rotatable bonds is 1. The normalized spacial score (nSPS) is 18.3. The second-order valence-electron chi connectivity index (χ2n) is 3.54. The quantitative estimate of drug-likeness (QED) is 0.683. The highest BCUT2D eigenvalue weighted by Gasteiger charge is 2.43. The SMILES string of the molecule is NC1(c2cc(F)c(F)c(F)c2O)CC1. The van der Waals surface area contributed by atoms with Crippen molar-refractivity contribution in [3.63, 3.8) is 0 Å². The molecule has 3 N–H and O–H groups in total. The van der Waals surface area contributed by atoms with Crippen LogP contribution in [0.3, 0.4) is 0 Å². The second kappa shape index (κ2) is 2.63. The number of hydrogen-bond donors (Lipinski definition) is 2. The van der Waals surface area contributed by atoms with Gasteiger partial charge in [0, 0.05) is 11.1 Å². The van der Waals surface area contributed by atoms with Crippen LogP contribution in [0.25, 0.3) is 0 Å². The minimum atomic E-state index is -1.67. The second-order valence-corrected chi connectivity index (χ2v) is 3.54. The number of aromatic hydroxyl groups is 1. The van der Waals surface area contributed by atoms with Crippen LogP contribution in [0.4, 0.5) is 13.2 Å². The summed E-state index contributed by atoms with van der Waals surface area (Å²) in [5.74, 6) is -5.46. The molecule has 0 spiro atoms. The molecular formula is C9H8F3NO. The van der Waals surface area contributed by atoms with Crippen molar-refractivity contribution in [3.05, 3.63) is 29.1 Å². The average molecular weight is 203 g/mol. The molecule has 0 heterocycles. The fraction of sp³-hybridized carbons (Fsp3) is 0.333. The Hall–Kier alpha value is -1.23.